The number of rotatable bonds is 3. The Hall–Kier alpha value is -0.610. The molecule has 0 bridgehead atoms. The Morgan fingerprint density at radius 1 is 1.64 bits per heavy atom. The van der Waals surface area contributed by atoms with Crippen LogP contribution in [0.1, 0.15) is 27.2 Å². The van der Waals surface area contributed by atoms with Gasteiger partial charge in [0.05, 0.1) is 24.7 Å². The Bertz CT molecular complexity index is 220. The molecular weight excluding hydrogens is 180 g/mol. The summed E-state index contributed by atoms with van der Waals surface area (Å²) in [6.07, 6.45) is 0.900. The highest BCUT2D eigenvalue weighted by Crippen LogP contribution is 2.21. The van der Waals surface area contributed by atoms with Gasteiger partial charge in [0.2, 0.25) is 5.91 Å². The molecule has 1 heterocycles. The summed E-state index contributed by atoms with van der Waals surface area (Å²) in [5, 5.41) is 9.48. The maximum atomic E-state index is 11.7. The van der Waals surface area contributed by atoms with Crippen LogP contribution in [0, 0.1) is 5.92 Å². The topological polar surface area (TPSA) is 66.6 Å². The largest absolute Gasteiger partial charge is 0.386 e. The quantitative estimate of drug-likeness (QED) is 0.671. The van der Waals surface area contributed by atoms with Crippen LogP contribution in [0.4, 0.5) is 0 Å². The van der Waals surface area contributed by atoms with E-state index in [1.807, 2.05) is 13.8 Å². The van der Waals surface area contributed by atoms with Crippen molar-refractivity contribution in [3.05, 3.63) is 0 Å². The van der Waals surface area contributed by atoms with Crippen LogP contribution in [0.15, 0.2) is 0 Å². The van der Waals surface area contributed by atoms with Crippen molar-refractivity contribution in [1.82, 2.24) is 4.90 Å². The molecule has 2 atom stereocenters. The van der Waals surface area contributed by atoms with Gasteiger partial charge in [-0.2, -0.15) is 0 Å². The fourth-order valence-electron chi connectivity index (χ4n) is 1.64. The Morgan fingerprint density at radius 2 is 2.14 bits per heavy atom. The van der Waals surface area contributed by atoms with Gasteiger partial charge in [0, 0.05) is 0 Å². The van der Waals surface area contributed by atoms with Crippen LogP contribution in [-0.4, -0.2) is 40.6 Å². The molecule has 1 unspecified atom stereocenters. The molecule has 1 saturated heterocycles. The smallest absolute Gasteiger partial charge is 0.239 e. The van der Waals surface area contributed by atoms with Gasteiger partial charge in [0.15, 0.2) is 0 Å². The monoisotopic (exact) mass is 200 g/mol. The van der Waals surface area contributed by atoms with Gasteiger partial charge in [0.25, 0.3) is 0 Å². The molecule has 1 aliphatic heterocycles. The molecule has 0 saturated carbocycles. The fraction of sp³-hybridized carbons (Fsp3) is 0.900. The average Bonchev–Trinajstić information content (AvgIpc) is 2.10. The summed E-state index contributed by atoms with van der Waals surface area (Å²) in [5.41, 5.74) is 5.09. The van der Waals surface area contributed by atoms with E-state index in [1.165, 1.54) is 0 Å². The number of hydrogen-bond donors (Lipinski definition) is 2. The molecule has 0 aliphatic carbocycles. The van der Waals surface area contributed by atoms with Crippen LogP contribution in [0.2, 0.25) is 0 Å². The molecule has 4 heteroatoms. The van der Waals surface area contributed by atoms with E-state index in [1.54, 1.807) is 11.8 Å². The second-order valence-electron chi connectivity index (χ2n) is 4.60. The highest BCUT2D eigenvalue weighted by atomic mass is 16.3. The average molecular weight is 200 g/mol. The summed E-state index contributed by atoms with van der Waals surface area (Å²) in [4.78, 5) is 13.3. The molecule has 1 fully saturated rings. The number of carbonyl (C=O) groups is 1. The van der Waals surface area contributed by atoms with Gasteiger partial charge in [-0.25, -0.2) is 0 Å². The van der Waals surface area contributed by atoms with E-state index < -0.39 is 11.6 Å². The zero-order valence-electron chi connectivity index (χ0n) is 9.16. The molecule has 1 aliphatic rings. The molecule has 0 spiro atoms. The summed E-state index contributed by atoms with van der Waals surface area (Å²) in [7, 11) is 0. The normalized spacial score (nSPS) is 23.9. The zero-order chi connectivity index (χ0) is 10.9. The predicted octanol–water partition coefficient (Wildman–Crippen LogP) is -0.0470. The predicted molar refractivity (Wildman–Crippen MR) is 54.6 cm³/mol. The molecule has 0 aromatic heterocycles. The number of carbonyl (C=O) groups excluding carboxylic acids is 1. The minimum absolute atomic E-state index is 0.0362. The zero-order valence-corrected chi connectivity index (χ0v) is 9.16. The SMILES string of the molecule is CCC(C)[C@H](N)C(=O)N1CC(C)(O)C1. The second-order valence-corrected chi connectivity index (χ2v) is 4.60. The Kier molecular flexibility index (Phi) is 3.17. The lowest BCUT2D eigenvalue weighted by atomic mass is 9.92. The van der Waals surface area contributed by atoms with Crippen LogP contribution < -0.4 is 5.73 Å². The highest BCUT2D eigenvalue weighted by molar-refractivity contribution is 5.83. The third-order valence-corrected chi connectivity index (χ3v) is 2.92. The minimum Gasteiger partial charge on any atom is -0.386 e. The van der Waals surface area contributed by atoms with Gasteiger partial charge in [0.1, 0.15) is 0 Å². The van der Waals surface area contributed by atoms with Crippen molar-refractivity contribution in [2.24, 2.45) is 11.7 Å². The third-order valence-electron chi connectivity index (χ3n) is 2.92. The van der Waals surface area contributed by atoms with E-state index >= 15 is 0 Å². The van der Waals surface area contributed by atoms with Gasteiger partial charge >= 0.3 is 0 Å². The lowest BCUT2D eigenvalue weighted by Crippen LogP contribution is -2.65. The molecule has 3 N–H and O–H groups in total. The third kappa shape index (κ3) is 2.25. The summed E-state index contributed by atoms with van der Waals surface area (Å²) in [5.74, 6) is 0.166. The van der Waals surface area contributed by atoms with E-state index in [4.69, 9.17) is 5.73 Å². The number of hydrogen-bond acceptors (Lipinski definition) is 3. The van der Waals surface area contributed by atoms with Gasteiger partial charge in [-0.15, -0.1) is 0 Å². The maximum absolute atomic E-state index is 11.7. The van der Waals surface area contributed by atoms with E-state index in [-0.39, 0.29) is 11.8 Å². The number of amides is 1. The lowest BCUT2D eigenvalue weighted by molar-refractivity contribution is -0.154. The first-order chi connectivity index (χ1) is 6.37. The van der Waals surface area contributed by atoms with Crippen molar-refractivity contribution < 1.29 is 9.90 Å². The molecular formula is C10H20N2O2. The maximum Gasteiger partial charge on any atom is 0.239 e. The Morgan fingerprint density at radius 3 is 2.50 bits per heavy atom. The van der Waals surface area contributed by atoms with E-state index in [2.05, 4.69) is 0 Å². The number of likely N-dealkylation sites (tertiary alicyclic amines) is 1. The van der Waals surface area contributed by atoms with Gasteiger partial charge < -0.3 is 15.7 Å². The van der Waals surface area contributed by atoms with Crippen molar-refractivity contribution in [2.75, 3.05) is 13.1 Å². The highest BCUT2D eigenvalue weighted by Gasteiger charge is 2.41. The first kappa shape index (κ1) is 11.5. The number of β-amino-alcohol motifs (C(OH)–C–C–N with tert-alkyl or cyclic N) is 1. The molecule has 82 valence electrons. The van der Waals surface area contributed by atoms with Crippen molar-refractivity contribution in [3.8, 4) is 0 Å². The van der Waals surface area contributed by atoms with Crippen LogP contribution in [-0.2, 0) is 4.79 Å². The van der Waals surface area contributed by atoms with Crippen molar-refractivity contribution in [3.63, 3.8) is 0 Å². The van der Waals surface area contributed by atoms with Crippen molar-refractivity contribution >= 4 is 5.91 Å². The second kappa shape index (κ2) is 3.87. The van der Waals surface area contributed by atoms with Crippen LogP contribution in [0.5, 0.6) is 0 Å². The molecule has 0 aromatic rings. The number of aliphatic hydroxyl groups is 1. The molecule has 0 aromatic carbocycles. The Labute approximate surface area is 85.1 Å². The molecule has 14 heavy (non-hydrogen) atoms. The first-order valence-corrected chi connectivity index (χ1v) is 5.14. The first-order valence-electron chi connectivity index (χ1n) is 5.14. The van der Waals surface area contributed by atoms with Crippen molar-refractivity contribution in [1.29, 1.82) is 0 Å². The van der Waals surface area contributed by atoms with Crippen molar-refractivity contribution in [2.45, 2.75) is 38.8 Å². The van der Waals surface area contributed by atoms with Crippen LogP contribution in [0.3, 0.4) is 0 Å². The molecule has 4 nitrogen and oxygen atoms in total. The van der Waals surface area contributed by atoms with Gasteiger partial charge in [-0.1, -0.05) is 20.3 Å². The minimum atomic E-state index is -0.704. The summed E-state index contributed by atoms with van der Waals surface area (Å²) >= 11 is 0. The number of nitrogens with zero attached hydrogens (tertiary/aromatic N) is 1. The van der Waals surface area contributed by atoms with E-state index in [0.29, 0.717) is 13.1 Å². The molecule has 1 rings (SSSR count). The van der Waals surface area contributed by atoms with Gasteiger partial charge in [-0.3, -0.25) is 4.79 Å². The fourth-order valence-corrected chi connectivity index (χ4v) is 1.64. The molecule has 1 amide bonds. The Balaban J connectivity index is 2.44. The van der Waals surface area contributed by atoms with Gasteiger partial charge in [-0.05, 0) is 12.8 Å². The lowest BCUT2D eigenvalue weighted by Gasteiger charge is -2.45. The van der Waals surface area contributed by atoms with E-state index in [0.717, 1.165) is 6.42 Å². The standard InChI is InChI=1S/C10H20N2O2/c1-4-7(2)8(11)9(13)12-5-10(3,14)6-12/h7-8,14H,4-6,11H2,1-3H3/t7?,8-/m0/s1. The summed E-state index contributed by atoms with van der Waals surface area (Å²) < 4.78 is 0. The van der Waals surface area contributed by atoms with Crippen LogP contribution in [0.25, 0.3) is 0 Å². The number of nitrogens with two attached hydrogens (primary N) is 1. The van der Waals surface area contributed by atoms with E-state index in [9.17, 15) is 9.90 Å². The summed E-state index contributed by atoms with van der Waals surface area (Å²) in [6, 6.07) is -0.420. The summed E-state index contributed by atoms with van der Waals surface area (Å²) in [6.45, 7) is 6.54. The molecule has 0 radical (unpaired) electrons. The van der Waals surface area contributed by atoms with Crippen LogP contribution >= 0.6 is 0 Å².